The minimum absolute atomic E-state index is 0.0392. The first-order valence-electron chi connectivity index (χ1n) is 6.10. The summed E-state index contributed by atoms with van der Waals surface area (Å²) in [6.07, 6.45) is 2.73. The molecule has 0 radical (unpaired) electrons. The molecule has 1 heterocycles. The normalized spacial score (nSPS) is 14.0. The number of nitrogens with two attached hydrogens (primary N) is 1. The summed E-state index contributed by atoms with van der Waals surface area (Å²) < 4.78 is 26.6. The molecule has 0 aliphatic heterocycles. The lowest BCUT2D eigenvalue weighted by molar-refractivity contribution is 0.383. The summed E-state index contributed by atoms with van der Waals surface area (Å²) in [6.45, 7) is 3.91. The predicted molar refractivity (Wildman–Crippen MR) is 78.6 cm³/mol. The van der Waals surface area contributed by atoms with E-state index in [9.17, 15) is 8.42 Å². The highest BCUT2D eigenvalue weighted by Gasteiger charge is 2.31. The van der Waals surface area contributed by atoms with Crippen LogP contribution in [-0.2, 0) is 16.6 Å². The van der Waals surface area contributed by atoms with Crippen LogP contribution in [-0.4, -0.2) is 48.0 Å². The maximum absolute atomic E-state index is 12.6. The van der Waals surface area contributed by atoms with Gasteiger partial charge in [-0.15, -0.1) is 0 Å². The van der Waals surface area contributed by atoms with Crippen molar-refractivity contribution in [2.45, 2.75) is 37.9 Å². The van der Waals surface area contributed by atoms with Crippen molar-refractivity contribution in [2.24, 2.45) is 5.73 Å². The Morgan fingerprint density at radius 1 is 1.53 bits per heavy atom. The molecule has 3 N–H and O–H groups in total. The number of hydrogen-bond acceptors (Lipinski definition) is 5. The van der Waals surface area contributed by atoms with Crippen molar-refractivity contribution >= 4 is 21.8 Å². The summed E-state index contributed by atoms with van der Waals surface area (Å²) in [4.78, 5) is 0. The van der Waals surface area contributed by atoms with Gasteiger partial charge in [-0.05, 0) is 19.6 Å². The van der Waals surface area contributed by atoms with E-state index in [2.05, 4.69) is 10.2 Å². The molecule has 0 spiro atoms. The van der Waals surface area contributed by atoms with Gasteiger partial charge in [0, 0.05) is 36.6 Å². The van der Waals surface area contributed by atoms with Crippen LogP contribution in [0.15, 0.2) is 5.03 Å². The quantitative estimate of drug-likeness (QED) is 0.782. The van der Waals surface area contributed by atoms with Crippen molar-refractivity contribution < 1.29 is 8.42 Å². The van der Waals surface area contributed by atoms with E-state index in [1.54, 1.807) is 25.7 Å². The number of nitrogens with zero attached hydrogens (tertiary/aromatic N) is 2. The van der Waals surface area contributed by atoms with Crippen LogP contribution in [0.1, 0.15) is 24.6 Å². The Morgan fingerprint density at radius 3 is 2.63 bits per heavy atom. The molecule has 8 heteroatoms. The number of aromatic amines is 1. The molecule has 110 valence electrons. The molecule has 0 aliphatic carbocycles. The third-order valence-corrected chi connectivity index (χ3v) is 5.81. The molecule has 0 amide bonds. The first-order chi connectivity index (χ1) is 8.89. The van der Waals surface area contributed by atoms with Gasteiger partial charge in [0.25, 0.3) is 10.0 Å². The van der Waals surface area contributed by atoms with Crippen molar-refractivity contribution in [1.29, 1.82) is 0 Å². The Labute approximate surface area is 119 Å². The number of aryl methyl sites for hydroxylation is 1. The molecule has 0 saturated heterocycles. The lowest BCUT2D eigenvalue weighted by atomic mass is 10.3. The van der Waals surface area contributed by atoms with E-state index >= 15 is 0 Å². The van der Waals surface area contributed by atoms with Crippen LogP contribution in [0.5, 0.6) is 0 Å². The molecule has 1 rings (SSSR count). The monoisotopic (exact) mass is 306 g/mol. The van der Waals surface area contributed by atoms with Crippen molar-refractivity contribution in [3.05, 3.63) is 11.3 Å². The minimum Gasteiger partial charge on any atom is -0.326 e. The zero-order valence-corrected chi connectivity index (χ0v) is 13.4. The number of nitrogens with one attached hydrogen (secondary N) is 1. The molecule has 1 atom stereocenters. The number of H-pyrrole nitrogens is 1. The van der Waals surface area contributed by atoms with Crippen molar-refractivity contribution in [1.82, 2.24) is 14.5 Å². The number of sulfonamides is 1. The standard InChI is InChI=1S/C11H22N4O2S2/c1-5-9(7-18-4)15(3)19(16,17)11-10(6-12)8(2)13-14-11/h9H,5-7,12H2,1-4H3,(H,13,14). The Morgan fingerprint density at radius 2 is 2.16 bits per heavy atom. The van der Waals surface area contributed by atoms with Crippen LogP contribution in [0.2, 0.25) is 0 Å². The van der Waals surface area contributed by atoms with Crippen LogP contribution in [0, 0.1) is 6.92 Å². The fourth-order valence-corrected chi connectivity index (χ4v) is 4.42. The van der Waals surface area contributed by atoms with Gasteiger partial charge in [-0.1, -0.05) is 6.92 Å². The fraction of sp³-hybridized carbons (Fsp3) is 0.727. The van der Waals surface area contributed by atoms with Gasteiger partial charge in [0.15, 0.2) is 5.03 Å². The lowest BCUT2D eigenvalue weighted by Gasteiger charge is -2.25. The van der Waals surface area contributed by atoms with E-state index in [-0.39, 0.29) is 17.6 Å². The third-order valence-electron chi connectivity index (χ3n) is 3.21. The van der Waals surface area contributed by atoms with Crippen LogP contribution in [0.4, 0.5) is 0 Å². The molecule has 6 nitrogen and oxygen atoms in total. The van der Waals surface area contributed by atoms with Gasteiger partial charge in [0.05, 0.1) is 0 Å². The highest BCUT2D eigenvalue weighted by Crippen LogP contribution is 2.22. The molecule has 1 aromatic rings. The van der Waals surface area contributed by atoms with Gasteiger partial charge < -0.3 is 5.73 Å². The maximum Gasteiger partial charge on any atom is 0.262 e. The van der Waals surface area contributed by atoms with Crippen molar-refractivity contribution in [3.8, 4) is 0 Å². The summed E-state index contributed by atoms with van der Waals surface area (Å²) in [5.41, 5.74) is 6.88. The van der Waals surface area contributed by atoms with Crippen molar-refractivity contribution in [2.75, 3.05) is 19.1 Å². The number of rotatable bonds is 7. The number of thioether (sulfide) groups is 1. The third kappa shape index (κ3) is 3.31. The average molecular weight is 306 g/mol. The summed E-state index contributed by atoms with van der Waals surface area (Å²) in [5.74, 6) is 0.758. The summed E-state index contributed by atoms with van der Waals surface area (Å²) in [5, 5.41) is 6.66. The Hall–Kier alpha value is -0.570. The number of hydrogen-bond donors (Lipinski definition) is 2. The maximum atomic E-state index is 12.6. The zero-order chi connectivity index (χ0) is 14.6. The molecule has 1 unspecified atom stereocenters. The molecular formula is C11H22N4O2S2. The molecular weight excluding hydrogens is 284 g/mol. The Kier molecular flexibility index (Phi) is 5.84. The van der Waals surface area contributed by atoms with Crippen LogP contribution >= 0.6 is 11.8 Å². The topological polar surface area (TPSA) is 92.1 Å². The summed E-state index contributed by atoms with van der Waals surface area (Å²) in [6, 6.07) is -0.0392. The summed E-state index contributed by atoms with van der Waals surface area (Å²) in [7, 11) is -2.00. The second-order valence-corrected chi connectivity index (χ2v) is 7.20. The van der Waals surface area contributed by atoms with Gasteiger partial charge in [-0.25, -0.2) is 8.42 Å². The van der Waals surface area contributed by atoms with E-state index in [1.807, 2.05) is 13.2 Å². The van der Waals surface area contributed by atoms with E-state index in [0.717, 1.165) is 12.2 Å². The number of aromatic nitrogens is 2. The lowest BCUT2D eigenvalue weighted by Crippen LogP contribution is -2.38. The molecule has 1 aromatic heterocycles. The largest absolute Gasteiger partial charge is 0.326 e. The fourth-order valence-electron chi connectivity index (χ4n) is 1.89. The second-order valence-electron chi connectivity index (χ2n) is 4.38. The molecule has 0 aromatic carbocycles. The van der Waals surface area contributed by atoms with Crippen molar-refractivity contribution in [3.63, 3.8) is 0 Å². The molecule has 0 bridgehead atoms. The molecule has 19 heavy (non-hydrogen) atoms. The molecule has 0 fully saturated rings. The van der Waals surface area contributed by atoms with Gasteiger partial charge in [0.1, 0.15) is 0 Å². The predicted octanol–water partition coefficient (Wildman–Crippen LogP) is 0.939. The van der Waals surface area contributed by atoms with E-state index < -0.39 is 10.0 Å². The first-order valence-corrected chi connectivity index (χ1v) is 8.94. The van der Waals surface area contributed by atoms with E-state index in [4.69, 9.17) is 5.73 Å². The van der Waals surface area contributed by atoms with E-state index in [0.29, 0.717) is 11.3 Å². The smallest absolute Gasteiger partial charge is 0.262 e. The Bertz CT molecular complexity index is 513. The highest BCUT2D eigenvalue weighted by atomic mass is 32.2. The van der Waals surface area contributed by atoms with Crippen LogP contribution < -0.4 is 5.73 Å². The van der Waals surface area contributed by atoms with Gasteiger partial charge in [-0.2, -0.15) is 21.2 Å². The Balaban J connectivity index is 3.15. The summed E-state index contributed by atoms with van der Waals surface area (Å²) >= 11 is 1.63. The van der Waals surface area contributed by atoms with Gasteiger partial charge >= 0.3 is 0 Å². The van der Waals surface area contributed by atoms with Crippen LogP contribution in [0.25, 0.3) is 0 Å². The van der Waals surface area contributed by atoms with Crippen LogP contribution in [0.3, 0.4) is 0 Å². The highest BCUT2D eigenvalue weighted by molar-refractivity contribution is 7.98. The molecule has 0 aliphatic rings. The van der Waals surface area contributed by atoms with Gasteiger partial charge in [-0.3, -0.25) is 5.10 Å². The van der Waals surface area contributed by atoms with Gasteiger partial charge in [0.2, 0.25) is 0 Å². The average Bonchev–Trinajstić information content (AvgIpc) is 2.76. The van der Waals surface area contributed by atoms with E-state index in [1.165, 1.54) is 4.31 Å². The first kappa shape index (κ1) is 16.5. The SMILES string of the molecule is CCC(CSC)N(C)S(=O)(=O)c1n[nH]c(C)c1CN. The minimum atomic E-state index is -3.60. The second kappa shape index (κ2) is 6.74. The zero-order valence-electron chi connectivity index (χ0n) is 11.8. The molecule has 0 saturated carbocycles.